The Bertz CT molecular complexity index is 6230. The summed E-state index contributed by atoms with van der Waals surface area (Å²) < 4.78 is 0. The normalized spacial score (nSPS) is 11.4. The number of anilines is 8. The summed E-state index contributed by atoms with van der Waals surface area (Å²) in [6, 6.07) is 68.3. The summed E-state index contributed by atoms with van der Waals surface area (Å²) in [6.45, 7) is 36.0. The molecule has 0 spiro atoms. The first-order chi connectivity index (χ1) is 68.9. The van der Waals surface area contributed by atoms with Gasteiger partial charge in [0.25, 0.3) is 0 Å². The fourth-order valence-corrected chi connectivity index (χ4v) is 18.3. The van der Waals surface area contributed by atoms with E-state index in [1.165, 1.54) is 217 Å². The molecule has 0 saturated heterocycles. The maximum atomic E-state index is 4.50. The number of unbranched alkanes of at least 4 members (excludes halogenated alkanes) is 9. The van der Waals surface area contributed by atoms with Gasteiger partial charge in [-0.25, -0.2) is 0 Å². The van der Waals surface area contributed by atoms with Crippen molar-refractivity contribution in [2.75, 3.05) is 189 Å². The van der Waals surface area contributed by atoms with Crippen LogP contribution in [0.3, 0.4) is 0 Å². The second-order valence-electron chi connectivity index (χ2n) is 38.8. The van der Waals surface area contributed by atoms with Gasteiger partial charge in [0, 0.05) is 191 Å². The van der Waals surface area contributed by atoms with Crippen LogP contribution in [0.4, 0.5) is 45.5 Å². The molecule has 0 aliphatic heterocycles. The average Bonchev–Trinajstić information content (AvgIpc) is 0.860. The molecule has 0 amide bonds. The van der Waals surface area contributed by atoms with Gasteiger partial charge in [-0.1, -0.05) is 123 Å². The number of pyridine rings is 8. The SMILES string of the molecule is Cc1ccc2c(NCCCCCCN(C)CCCCCCNc3ccnc4cc(C)ccc34)ccnc2c1.Cc1ccc2c(NCCCCN(C)CCCNc3ccnc4cc(C)ccc34)ccnc2c1.Cc1ccc2c(NCCCCNCCCNc3ccnc4cc(C)ccc34)ccnc2c1.Cc1ccc2c(NCCCN(C)CCCCN(C)CCCNc3ccnc4cc(C)ccc34)ccnc2c1. The van der Waals surface area contributed by atoms with E-state index < -0.39 is 0 Å². The van der Waals surface area contributed by atoms with Crippen molar-refractivity contribution in [3.05, 3.63) is 288 Å². The molecule has 141 heavy (non-hydrogen) atoms. The van der Waals surface area contributed by atoms with Gasteiger partial charge < -0.3 is 67.5 Å². The van der Waals surface area contributed by atoms with Crippen molar-refractivity contribution >= 4 is 133 Å². The minimum Gasteiger partial charge on any atom is -0.384 e. The monoisotopic (exact) mass is 1890 g/mol. The molecule has 0 saturated carbocycles. The van der Waals surface area contributed by atoms with E-state index in [9.17, 15) is 0 Å². The maximum Gasteiger partial charge on any atom is 0.0725 e. The van der Waals surface area contributed by atoms with E-state index in [-0.39, 0.29) is 0 Å². The van der Waals surface area contributed by atoms with Crippen molar-refractivity contribution in [1.29, 1.82) is 0 Å². The summed E-state index contributed by atoms with van der Waals surface area (Å²) >= 11 is 0. The smallest absolute Gasteiger partial charge is 0.0725 e. The van der Waals surface area contributed by atoms with Crippen LogP contribution in [-0.2, 0) is 0 Å². The van der Waals surface area contributed by atoms with Gasteiger partial charge in [-0.05, 0) is 380 Å². The first kappa shape index (κ1) is 106. The van der Waals surface area contributed by atoms with Gasteiger partial charge in [-0.15, -0.1) is 0 Å². The lowest BCUT2D eigenvalue weighted by Crippen LogP contribution is -2.25. The fourth-order valence-electron chi connectivity index (χ4n) is 18.3. The van der Waals surface area contributed by atoms with Crippen molar-refractivity contribution in [3.8, 4) is 0 Å². The molecule has 0 radical (unpaired) electrons. The summed E-state index contributed by atoms with van der Waals surface area (Å²) in [6.07, 6.45) is 36.9. The Labute approximate surface area is 840 Å². The minimum absolute atomic E-state index is 0.955. The van der Waals surface area contributed by atoms with Gasteiger partial charge in [0.2, 0.25) is 0 Å². The van der Waals surface area contributed by atoms with Gasteiger partial charge in [-0.3, -0.25) is 39.9 Å². The molecule has 0 aliphatic rings. The minimum atomic E-state index is 0.955. The Hall–Kier alpha value is -12.8. The molecule has 8 heterocycles. The zero-order valence-electron chi connectivity index (χ0n) is 86.4. The predicted octanol–water partition coefficient (Wildman–Crippen LogP) is 26.0. The highest BCUT2D eigenvalue weighted by Gasteiger charge is 2.14. The lowest BCUT2D eigenvalue weighted by atomic mass is 10.1. The predicted molar refractivity (Wildman–Crippen MR) is 606 cm³/mol. The van der Waals surface area contributed by atoms with Gasteiger partial charge in [0.1, 0.15) is 0 Å². The van der Waals surface area contributed by atoms with E-state index in [2.05, 4.69) is 385 Å². The number of aryl methyl sites for hydroxylation is 8. The number of rotatable bonds is 53. The molecule has 0 unspecified atom stereocenters. The van der Waals surface area contributed by atoms with E-state index in [4.69, 9.17) is 0 Å². The van der Waals surface area contributed by atoms with Crippen LogP contribution in [-0.4, -0.2) is 205 Å². The molecule has 16 aromatic rings. The number of nitrogens with one attached hydrogen (secondary N) is 9. The number of fused-ring (bicyclic) bond motifs is 8. The summed E-state index contributed by atoms with van der Waals surface area (Å²) in [5.74, 6) is 0. The standard InChI is InChI=1S/C33H45N5.C32H44N6.C28H35N5.C27H33N5/c1-26-12-14-28-30(16-20-36-32(28)24-26)34-18-8-4-6-10-22-38(3)23-11-7-5-9-19-35-31-17-21-37-33-25-27(2)13-15-29(31)33;1-25-9-11-27-29(13-17-35-31(27)23-25)33-15-7-21-37(3)19-5-6-20-38(4)22-8-16-34-30-14-18-36-32-24-26(2)10-12-28(30)32;1-21-7-9-23-25(11-15-31-27(23)19-21)29-13-4-5-17-33(3)18-6-14-30-26-12-16-32-28-20-22(2)8-10-24(26)28;1-20-6-8-22-24(10-16-31-26(22)18-20)29-14-4-3-12-28-13-5-15-30-25-11-17-32-27-19-21(2)7-9-23(25)27/h12-17,20-21,24-25H,4-11,18-19,22-23H2,1-3H3,(H,34,36)(H,35,37);9-14,17-18,23-24H,5-8,15-16,19-22H2,1-4H3,(H,33,35)(H,34,36);7-12,15-16,19-20H,4-6,13-14,17-18H2,1-3H3,(H,29,31)(H,30,32);6-11,16-19,28H,3-5,12-15H2,1-2H3,(H,29,31)(H,30,32). The Morgan fingerprint density at radius 2 is 0.312 bits per heavy atom. The molecule has 21 nitrogen and oxygen atoms in total. The van der Waals surface area contributed by atoms with Crippen molar-refractivity contribution in [2.24, 2.45) is 0 Å². The zero-order chi connectivity index (χ0) is 98.5. The van der Waals surface area contributed by atoms with Crippen LogP contribution in [0, 0.1) is 55.4 Å². The molecule has 8 aromatic carbocycles. The molecular formula is C120H157N21. The lowest BCUT2D eigenvalue weighted by Gasteiger charge is -2.19. The topological polar surface area (TPSA) is 224 Å². The Kier molecular flexibility index (Phi) is 42.8. The van der Waals surface area contributed by atoms with Gasteiger partial charge >= 0.3 is 0 Å². The Balaban J connectivity index is 0.000000159. The first-order valence-corrected chi connectivity index (χ1v) is 52.1. The van der Waals surface area contributed by atoms with Crippen molar-refractivity contribution in [1.82, 2.24) is 64.8 Å². The van der Waals surface area contributed by atoms with Crippen LogP contribution >= 0.6 is 0 Å². The summed E-state index contributed by atoms with van der Waals surface area (Å²) in [4.78, 5) is 45.8. The number of nitrogens with zero attached hydrogens (tertiary/aromatic N) is 12. The van der Waals surface area contributed by atoms with E-state index in [0.717, 1.165) is 194 Å². The Morgan fingerprint density at radius 1 is 0.163 bits per heavy atom. The quantitative estimate of drug-likeness (QED) is 0.0162. The highest BCUT2D eigenvalue weighted by atomic mass is 15.1. The van der Waals surface area contributed by atoms with Gasteiger partial charge in [-0.2, -0.15) is 0 Å². The van der Waals surface area contributed by atoms with Crippen LogP contribution in [0.25, 0.3) is 87.2 Å². The van der Waals surface area contributed by atoms with Crippen LogP contribution in [0.15, 0.2) is 244 Å². The molecule has 0 atom stereocenters. The van der Waals surface area contributed by atoms with Crippen LogP contribution < -0.4 is 47.9 Å². The summed E-state index contributed by atoms with van der Waals surface area (Å²) in [5, 5.41) is 41.9. The molecular weight excluding hydrogens is 1740 g/mol. The van der Waals surface area contributed by atoms with Gasteiger partial charge in [0.15, 0.2) is 0 Å². The molecule has 742 valence electrons. The van der Waals surface area contributed by atoms with E-state index in [1.807, 2.05) is 49.6 Å². The second-order valence-corrected chi connectivity index (χ2v) is 38.8. The van der Waals surface area contributed by atoms with Crippen molar-refractivity contribution < 1.29 is 0 Å². The molecule has 0 fully saturated rings. The molecule has 0 aliphatic carbocycles. The number of aromatic nitrogens is 8. The Morgan fingerprint density at radius 3 is 0.532 bits per heavy atom. The maximum absolute atomic E-state index is 4.50. The molecule has 9 N–H and O–H groups in total. The van der Waals surface area contributed by atoms with Crippen LogP contribution in [0.2, 0.25) is 0 Å². The van der Waals surface area contributed by atoms with E-state index in [1.54, 1.807) is 0 Å². The lowest BCUT2D eigenvalue weighted by molar-refractivity contribution is 0.292. The fraction of sp³-hybridized carbons (Fsp3) is 0.400. The summed E-state index contributed by atoms with van der Waals surface area (Å²) in [5.41, 5.74) is 27.9. The van der Waals surface area contributed by atoms with Crippen molar-refractivity contribution in [2.45, 2.75) is 171 Å². The zero-order valence-corrected chi connectivity index (χ0v) is 86.4. The van der Waals surface area contributed by atoms with Crippen LogP contribution in [0.1, 0.15) is 160 Å². The average molecular weight is 1890 g/mol. The molecule has 8 aromatic heterocycles. The number of hydrogen-bond acceptors (Lipinski definition) is 21. The largest absolute Gasteiger partial charge is 0.384 e. The van der Waals surface area contributed by atoms with Crippen molar-refractivity contribution in [3.63, 3.8) is 0 Å². The first-order valence-electron chi connectivity index (χ1n) is 52.1. The highest BCUT2D eigenvalue weighted by molar-refractivity contribution is 5.97. The van der Waals surface area contributed by atoms with E-state index >= 15 is 0 Å². The van der Waals surface area contributed by atoms with E-state index in [0.29, 0.717) is 0 Å². The molecule has 21 heteroatoms. The number of benzene rings is 8. The third-order valence-electron chi connectivity index (χ3n) is 26.4. The summed E-state index contributed by atoms with van der Waals surface area (Å²) in [7, 11) is 8.97. The van der Waals surface area contributed by atoms with Gasteiger partial charge in [0.05, 0.1) is 44.1 Å². The second kappa shape index (κ2) is 57.2. The third-order valence-corrected chi connectivity index (χ3v) is 26.4. The third kappa shape index (κ3) is 34.6. The highest BCUT2D eigenvalue weighted by Crippen LogP contribution is 2.31. The van der Waals surface area contributed by atoms with Crippen LogP contribution in [0.5, 0.6) is 0 Å². The molecule has 0 bridgehead atoms. The number of hydrogen-bond donors (Lipinski definition) is 9. The molecule has 16 rings (SSSR count).